The third-order valence-corrected chi connectivity index (χ3v) is 3.43. The average Bonchev–Trinajstić information content (AvgIpc) is 2.56. The molecule has 2 aromatic rings. The van der Waals surface area contributed by atoms with Crippen molar-refractivity contribution in [1.82, 2.24) is 0 Å². The standard InChI is InChI=1S/C17H18O4/c1-20-15(13-9-5-3-6-10-13)17(19,16(18)21-2)14-11-7-4-8-12-14/h3-12,15,19H,1-2H3/i17+1. The van der Waals surface area contributed by atoms with Crippen LogP contribution in [0.5, 0.6) is 0 Å². The summed E-state index contributed by atoms with van der Waals surface area (Å²) in [6.07, 6.45) is -0.867. The van der Waals surface area contributed by atoms with Gasteiger partial charge in [0.2, 0.25) is 5.60 Å². The first kappa shape index (κ1) is 15.2. The molecule has 0 aromatic heterocycles. The largest absolute Gasteiger partial charge is 0.467 e. The van der Waals surface area contributed by atoms with E-state index in [1.807, 2.05) is 24.3 Å². The second kappa shape index (κ2) is 6.52. The molecule has 0 bridgehead atoms. The molecule has 4 nitrogen and oxygen atoms in total. The first-order valence-corrected chi connectivity index (χ1v) is 6.58. The van der Waals surface area contributed by atoms with E-state index in [9.17, 15) is 9.90 Å². The van der Waals surface area contributed by atoms with E-state index in [0.29, 0.717) is 11.1 Å². The number of hydrogen-bond acceptors (Lipinski definition) is 4. The fourth-order valence-electron chi connectivity index (χ4n) is 2.40. The van der Waals surface area contributed by atoms with Gasteiger partial charge in [0.1, 0.15) is 6.10 Å². The van der Waals surface area contributed by atoms with Crippen LogP contribution < -0.4 is 0 Å². The monoisotopic (exact) mass is 287 g/mol. The summed E-state index contributed by atoms with van der Waals surface area (Å²) in [6.45, 7) is 0. The van der Waals surface area contributed by atoms with Gasteiger partial charge in [-0.25, -0.2) is 4.79 Å². The molecule has 0 aliphatic heterocycles. The Labute approximate surface area is 123 Å². The Morgan fingerprint density at radius 2 is 1.52 bits per heavy atom. The van der Waals surface area contributed by atoms with Crippen LogP contribution in [0.1, 0.15) is 17.2 Å². The maximum atomic E-state index is 12.3. The maximum Gasteiger partial charge on any atom is 0.345 e. The second-order valence-electron chi connectivity index (χ2n) is 4.65. The number of hydrogen-bond donors (Lipinski definition) is 1. The van der Waals surface area contributed by atoms with E-state index in [1.54, 1.807) is 36.4 Å². The summed E-state index contributed by atoms with van der Waals surface area (Å²) >= 11 is 0. The molecule has 0 saturated carbocycles. The number of rotatable bonds is 5. The van der Waals surface area contributed by atoms with Crippen molar-refractivity contribution in [3.8, 4) is 0 Å². The van der Waals surface area contributed by atoms with Crippen LogP contribution in [0.2, 0.25) is 0 Å². The first-order valence-electron chi connectivity index (χ1n) is 6.58. The lowest BCUT2D eigenvalue weighted by Gasteiger charge is -2.33. The van der Waals surface area contributed by atoms with E-state index < -0.39 is 17.7 Å². The zero-order chi connectivity index (χ0) is 15.3. The second-order valence-corrected chi connectivity index (χ2v) is 4.65. The van der Waals surface area contributed by atoms with Crippen LogP contribution in [0.3, 0.4) is 0 Å². The average molecular weight is 287 g/mol. The first-order chi connectivity index (χ1) is 10.1. The predicted molar refractivity (Wildman–Crippen MR) is 78.5 cm³/mol. The Hall–Kier alpha value is -2.17. The number of methoxy groups -OCH3 is 2. The van der Waals surface area contributed by atoms with Gasteiger partial charge in [0.05, 0.1) is 7.11 Å². The summed E-state index contributed by atoms with van der Waals surface area (Å²) in [5, 5.41) is 11.1. The molecule has 1 N–H and O–H groups in total. The van der Waals surface area contributed by atoms with Crippen molar-refractivity contribution in [3.63, 3.8) is 0 Å². The highest BCUT2D eigenvalue weighted by Gasteiger charge is 2.48. The Morgan fingerprint density at radius 1 is 1.00 bits per heavy atom. The van der Waals surface area contributed by atoms with Gasteiger partial charge in [0.25, 0.3) is 0 Å². The molecule has 110 valence electrons. The number of benzene rings is 2. The van der Waals surface area contributed by atoms with Gasteiger partial charge in [0.15, 0.2) is 0 Å². The van der Waals surface area contributed by atoms with E-state index in [4.69, 9.17) is 9.47 Å². The summed E-state index contributed by atoms with van der Waals surface area (Å²) in [5.41, 5.74) is -0.796. The number of carbonyl (C=O) groups excluding carboxylic acids is 1. The van der Waals surface area contributed by atoms with Gasteiger partial charge in [-0.2, -0.15) is 0 Å². The van der Waals surface area contributed by atoms with E-state index in [1.165, 1.54) is 14.2 Å². The van der Waals surface area contributed by atoms with Crippen LogP contribution in [0.15, 0.2) is 60.7 Å². The number of aliphatic hydroxyl groups is 1. The van der Waals surface area contributed by atoms with Gasteiger partial charge in [-0.3, -0.25) is 0 Å². The number of esters is 1. The van der Waals surface area contributed by atoms with E-state index in [2.05, 4.69) is 0 Å². The Kier molecular flexibility index (Phi) is 4.73. The van der Waals surface area contributed by atoms with E-state index in [-0.39, 0.29) is 0 Å². The molecule has 0 aliphatic carbocycles. The molecule has 0 amide bonds. The third kappa shape index (κ3) is 2.82. The van der Waals surface area contributed by atoms with Gasteiger partial charge in [-0.15, -0.1) is 0 Å². The maximum absolute atomic E-state index is 12.3. The summed E-state index contributed by atoms with van der Waals surface area (Å²) < 4.78 is 10.2. The molecule has 0 fully saturated rings. The van der Waals surface area contributed by atoms with E-state index in [0.717, 1.165) is 0 Å². The third-order valence-electron chi connectivity index (χ3n) is 3.43. The fourth-order valence-corrected chi connectivity index (χ4v) is 2.40. The Bertz CT molecular complexity index is 582. The predicted octanol–water partition coefficient (Wildman–Crippen LogP) is 2.43. The molecule has 2 rings (SSSR count). The molecule has 0 spiro atoms. The minimum absolute atomic E-state index is 0.424. The van der Waals surface area contributed by atoms with Crippen molar-refractivity contribution in [3.05, 3.63) is 71.8 Å². The topological polar surface area (TPSA) is 55.8 Å². The zero-order valence-electron chi connectivity index (χ0n) is 12.0. The van der Waals surface area contributed by atoms with Crippen LogP contribution in [0.25, 0.3) is 0 Å². The Balaban J connectivity index is 2.56. The lowest BCUT2D eigenvalue weighted by Crippen LogP contribution is -2.43. The molecule has 0 heterocycles. The van der Waals surface area contributed by atoms with Crippen molar-refractivity contribution in [2.75, 3.05) is 14.2 Å². The van der Waals surface area contributed by atoms with Gasteiger partial charge in [0, 0.05) is 7.11 Å². The molecule has 0 radical (unpaired) electrons. The van der Waals surface area contributed by atoms with Crippen molar-refractivity contribution >= 4 is 5.97 Å². The van der Waals surface area contributed by atoms with Crippen molar-refractivity contribution in [2.45, 2.75) is 11.7 Å². The highest BCUT2D eigenvalue weighted by molar-refractivity contribution is 5.82. The molecule has 0 aliphatic rings. The van der Waals surface area contributed by atoms with Crippen LogP contribution >= 0.6 is 0 Å². The lowest BCUT2D eigenvalue weighted by molar-refractivity contribution is -0.181. The minimum Gasteiger partial charge on any atom is -0.467 e. The molecule has 21 heavy (non-hydrogen) atoms. The van der Waals surface area contributed by atoms with Gasteiger partial charge in [-0.05, 0) is 11.1 Å². The van der Waals surface area contributed by atoms with Gasteiger partial charge in [-0.1, -0.05) is 60.7 Å². The molecular formula is C17H18O4. The molecule has 2 unspecified atom stereocenters. The summed E-state index contributed by atoms with van der Waals surface area (Å²) in [4.78, 5) is 12.3. The number of ether oxygens (including phenoxy) is 2. The van der Waals surface area contributed by atoms with Gasteiger partial charge < -0.3 is 14.6 Å². The van der Waals surface area contributed by atoms with Crippen LogP contribution in [0.4, 0.5) is 0 Å². The lowest BCUT2D eigenvalue weighted by atomic mass is 10.1. The molecule has 2 aromatic carbocycles. The minimum atomic E-state index is -1.91. The van der Waals surface area contributed by atoms with E-state index >= 15 is 0 Å². The van der Waals surface area contributed by atoms with Crippen molar-refractivity contribution in [1.29, 1.82) is 0 Å². The van der Waals surface area contributed by atoms with Crippen LogP contribution in [-0.4, -0.2) is 25.3 Å². The molecular weight excluding hydrogens is 269 g/mol. The van der Waals surface area contributed by atoms with Gasteiger partial charge >= 0.3 is 5.97 Å². The molecule has 4 heteroatoms. The molecule has 2 atom stereocenters. The normalized spacial score (nSPS) is 15.0. The smallest absolute Gasteiger partial charge is 0.345 e. The highest BCUT2D eigenvalue weighted by Crippen LogP contribution is 2.38. The molecule has 0 saturated heterocycles. The quantitative estimate of drug-likeness (QED) is 0.678. The summed E-state index contributed by atoms with van der Waals surface area (Å²) in [5.74, 6) is -0.760. The highest BCUT2D eigenvalue weighted by atomic mass is 16.6. The van der Waals surface area contributed by atoms with Crippen LogP contribution in [-0.2, 0) is 19.9 Å². The number of carbonyl (C=O) groups is 1. The fraction of sp³-hybridized carbons (Fsp3) is 0.235. The zero-order valence-corrected chi connectivity index (χ0v) is 12.0. The van der Waals surface area contributed by atoms with Crippen molar-refractivity contribution < 1.29 is 19.4 Å². The SMILES string of the molecule is COC(=O)[13C](O)(c1ccccc1)C(OC)c1ccccc1. The van der Waals surface area contributed by atoms with Crippen molar-refractivity contribution in [2.24, 2.45) is 0 Å². The summed E-state index contributed by atoms with van der Waals surface area (Å²) in [6, 6.07) is 17.8. The summed E-state index contributed by atoms with van der Waals surface area (Å²) in [7, 11) is 2.70. The van der Waals surface area contributed by atoms with Crippen LogP contribution in [0, 0.1) is 0 Å². The Morgan fingerprint density at radius 3 is 2.00 bits per heavy atom.